The summed E-state index contributed by atoms with van der Waals surface area (Å²) in [5.74, 6) is -0.578. The van der Waals surface area contributed by atoms with E-state index in [1.54, 1.807) is 0 Å². The first-order chi connectivity index (χ1) is 9.61. The van der Waals surface area contributed by atoms with Crippen LogP contribution in [0.25, 0.3) is 0 Å². The minimum atomic E-state index is -0.732. The molecule has 1 saturated carbocycles. The van der Waals surface area contributed by atoms with Crippen LogP contribution in [0.5, 0.6) is 0 Å². The second-order valence-electron chi connectivity index (χ2n) is 5.54. The molecule has 0 saturated heterocycles. The number of pyridine rings is 1. The van der Waals surface area contributed by atoms with Gasteiger partial charge in [0.05, 0.1) is 5.56 Å². The van der Waals surface area contributed by atoms with Gasteiger partial charge in [-0.25, -0.2) is 9.37 Å². The molecule has 1 amide bonds. The molecule has 1 heterocycles. The van der Waals surface area contributed by atoms with Crippen molar-refractivity contribution < 1.29 is 9.18 Å². The van der Waals surface area contributed by atoms with Crippen molar-refractivity contribution in [1.29, 1.82) is 0 Å². The average molecular weight is 279 g/mol. The number of amides is 1. The highest BCUT2D eigenvalue weighted by atomic mass is 19.1. The molecule has 1 aromatic rings. The van der Waals surface area contributed by atoms with Crippen molar-refractivity contribution in [3.8, 4) is 0 Å². The summed E-state index contributed by atoms with van der Waals surface area (Å²) in [6.07, 6.45) is 8.04. The van der Waals surface area contributed by atoms with Gasteiger partial charge in [0.15, 0.2) is 11.6 Å². The summed E-state index contributed by atoms with van der Waals surface area (Å²) in [7, 11) is 0. The molecular formula is C15H22FN3O. The lowest BCUT2D eigenvalue weighted by molar-refractivity contribution is 0.0917. The van der Waals surface area contributed by atoms with Gasteiger partial charge >= 0.3 is 0 Å². The molecule has 110 valence electrons. The van der Waals surface area contributed by atoms with Gasteiger partial charge in [0.1, 0.15) is 0 Å². The Morgan fingerprint density at radius 3 is 2.80 bits per heavy atom. The van der Waals surface area contributed by atoms with E-state index in [-0.39, 0.29) is 17.4 Å². The lowest BCUT2D eigenvalue weighted by Gasteiger charge is -2.29. The van der Waals surface area contributed by atoms with E-state index >= 15 is 0 Å². The molecule has 1 aliphatic rings. The van der Waals surface area contributed by atoms with Crippen molar-refractivity contribution >= 4 is 11.7 Å². The van der Waals surface area contributed by atoms with Crippen molar-refractivity contribution in [2.45, 2.75) is 51.5 Å². The summed E-state index contributed by atoms with van der Waals surface area (Å²) in [5.41, 5.74) is 5.36. The molecule has 5 heteroatoms. The van der Waals surface area contributed by atoms with Crippen LogP contribution in [0.4, 0.5) is 10.2 Å². The van der Waals surface area contributed by atoms with E-state index in [0.717, 1.165) is 31.6 Å². The maximum absolute atomic E-state index is 13.7. The van der Waals surface area contributed by atoms with Crippen LogP contribution in [0.1, 0.15) is 55.8 Å². The van der Waals surface area contributed by atoms with E-state index in [9.17, 15) is 9.18 Å². The number of nitrogens with one attached hydrogen (secondary N) is 1. The Morgan fingerprint density at radius 2 is 2.15 bits per heavy atom. The van der Waals surface area contributed by atoms with Crippen molar-refractivity contribution in [1.82, 2.24) is 10.3 Å². The molecule has 0 unspecified atom stereocenters. The number of carbonyl (C=O) groups is 1. The first-order valence-electron chi connectivity index (χ1n) is 7.32. The van der Waals surface area contributed by atoms with E-state index in [1.165, 1.54) is 25.1 Å². The summed E-state index contributed by atoms with van der Waals surface area (Å²) in [5, 5.41) is 2.90. The van der Waals surface area contributed by atoms with Crippen molar-refractivity contribution in [2.75, 3.05) is 5.73 Å². The highest BCUT2D eigenvalue weighted by molar-refractivity contribution is 5.95. The molecule has 0 aromatic carbocycles. The molecule has 0 bridgehead atoms. The van der Waals surface area contributed by atoms with E-state index < -0.39 is 11.7 Å². The van der Waals surface area contributed by atoms with Crippen molar-refractivity contribution in [3.63, 3.8) is 0 Å². The van der Waals surface area contributed by atoms with E-state index in [0.29, 0.717) is 0 Å². The molecule has 3 N–H and O–H groups in total. The zero-order valence-electron chi connectivity index (χ0n) is 11.9. The van der Waals surface area contributed by atoms with Gasteiger partial charge in [-0.1, -0.05) is 19.8 Å². The van der Waals surface area contributed by atoms with E-state index in [4.69, 9.17) is 5.73 Å². The van der Waals surface area contributed by atoms with Gasteiger partial charge in [-0.15, -0.1) is 0 Å². The van der Waals surface area contributed by atoms with Crippen LogP contribution < -0.4 is 11.1 Å². The lowest BCUT2D eigenvalue weighted by atomic mass is 9.83. The first-order valence-corrected chi connectivity index (χ1v) is 7.32. The normalized spacial score (nSPS) is 22.5. The van der Waals surface area contributed by atoms with Crippen LogP contribution in [0.2, 0.25) is 0 Å². The number of carbonyl (C=O) groups excluding carboxylic acids is 1. The minimum Gasteiger partial charge on any atom is -0.381 e. The zero-order chi connectivity index (χ0) is 14.5. The molecule has 0 atom stereocenters. The number of hydrogen-bond acceptors (Lipinski definition) is 3. The number of halogens is 1. The monoisotopic (exact) mass is 279 g/mol. The number of anilines is 1. The minimum absolute atomic E-state index is 0.0202. The first kappa shape index (κ1) is 14.8. The summed E-state index contributed by atoms with van der Waals surface area (Å²) in [6, 6.07) is 1.51. The maximum atomic E-state index is 13.7. The molecule has 0 radical (unpaired) electrons. The van der Waals surface area contributed by atoms with Crippen molar-refractivity contribution in [3.05, 3.63) is 23.6 Å². The van der Waals surface area contributed by atoms with Crippen LogP contribution >= 0.6 is 0 Å². The quantitative estimate of drug-likeness (QED) is 0.890. The van der Waals surface area contributed by atoms with Gasteiger partial charge in [-0.2, -0.15) is 0 Å². The van der Waals surface area contributed by atoms with Gasteiger partial charge in [-0.05, 0) is 37.7 Å². The number of nitrogen functional groups attached to an aromatic ring is 1. The fraction of sp³-hybridized carbons (Fsp3) is 0.600. The molecule has 0 spiro atoms. The van der Waals surface area contributed by atoms with E-state index in [2.05, 4.69) is 17.2 Å². The number of rotatable bonds is 4. The Kier molecular flexibility index (Phi) is 4.93. The molecule has 1 aliphatic carbocycles. The Labute approximate surface area is 119 Å². The maximum Gasteiger partial charge on any atom is 0.254 e. The van der Waals surface area contributed by atoms with Gasteiger partial charge < -0.3 is 11.1 Å². The van der Waals surface area contributed by atoms with Gasteiger partial charge in [0.25, 0.3) is 5.91 Å². The highest BCUT2D eigenvalue weighted by Crippen LogP contribution is 2.28. The summed E-state index contributed by atoms with van der Waals surface area (Å²) < 4.78 is 13.7. The van der Waals surface area contributed by atoms with Crippen LogP contribution in [0.15, 0.2) is 12.3 Å². The largest absolute Gasteiger partial charge is 0.381 e. The number of nitrogens with two attached hydrogens (primary N) is 1. The molecule has 0 aliphatic heterocycles. The molecule has 1 fully saturated rings. The molecule has 1 aromatic heterocycles. The van der Waals surface area contributed by atoms with Gasteiger partial charge in [0, 0.05) is 12.2 Å². The molecule has 20 heavy (non-hydrogen) atoms. The summed E-state index contributed by atoms with van der Waals surface area (Å²) in [4.78, 5) is 15.7. The highest BCUT2D eigenvalue weighted by Gasteiger charge is 2.23. The topological polar surface area (TPSA) is 68.0 Å². The second kappa shape index (κ2) is 6.68. The van der Waals surface area contributed by atoms with Crippen molar-refractivity contribution in [2.24, 2.45) is 5.92 Å². The third-order valence-corrected chi connectivity index (χ3v) is 4.04. The molecule has 4 nitrogen and oxygen atoms in total. The van der Waals surface area contributed by atoms with Gasteiger partial charge in [0.2, 0.25) is 0 Å². The van der Waals surface area contributed by atoms with Crippen LogP contribution in [-0.4, -0.2) is 16.9 Å². The smallest absolute Gasteiger partial charge is 0.254 e. The number of nitrogens with zero attached hydrogens (tertiary/aromatic N) is 1. The van der Waals surface area contributed by atoms with E-state index in [1.807, 2.05) is 0 Å². The Balaban J connectivity index is 1.91. The summed E-state index contributed by atoms with van der Waals surface area (Å²) >= 11 is 0. The van der Waals surface area contributed by atoms with Crippen LogP contribution in [0, 0.1) is 11.7 Å². The SMILES string of the molecule is CCCC1CCC(NC(=O)c2ccnc(N)c2F)CC1. The number of aromatic nitrogens is 1. The lowest BCUT2D eigenvalue weighted by Crippen LogP contribution is -2.38. The third-order valence-electron chi connectivity index (χ3n) is 4.04. The average Bonchev–Trinajstić information content (AvgIpc) is 2.44. The Bertz CT molecular complexity index is 470. The predicted molar refractivity (Wildman–Crippen MR) is 76.7 cm³/mol. The fourth-order valence-electron chi connectivity index (χ4n) is 2.90. The molecular weight excluding hydrogens is 257 g/mol. The zero-order valence-corrected chi connectivity index (χ0v) is 11.9. The third kappa shape index (κ3) is 3.46. The fourth-order valence-corrected chi connectivity index (χ4v) is 2.90. The standard InChI is InChI=1S/C15H22FN3O/c1-2-3-10-4-6-11(7-5-10)19-15(20)12-8-9-18-14(17)13(12)16/h8-11H,2-7H2,1H3,(H2,17,18)(H,19,20). The Hall–Kier alpha value is -1.65. The Morgan fingerprint density at radius 1 is 1.45 bits per heavy atom. The van der Waals surface area contributed by atoms with Gasteiger partial charge in [-0.3, -0.25) is 4.79 Å². The predicted octanol–water partition coefficient (Wildman–Crippen LogP) is 2.89. The number of hydrogen-bond donors (Lipinski definition) is 2. The molecule has 2 rings (SSSR count). The van der Waals surface area contributed by atoms with Crippen LogP contribution in [0.3, 0.4) is 0 Å². The summed E-state index contributed by atoms with van der Waals surface area (Å²) in [6.45, 7) is 2.20. The second-order valence-corrected chi connectivity index (χ2v) is 5.54. The van der Waals surface area contributed by atoms with Crippen LogP contribution in [-0.2, 0) is 0 Å².